The maximum absolute atomic E-state index is 2.63. The third kappa shape index (κ3) is 3.03. The summed E-state index contributed by atoms with van der Waals surface area (Å²) in [6.07, 6.45) is 7.81. The monoisotopic (exact) mass is 250 g/mol. The van der Waals surface area contributed by atoms with Gasteiger partial charge >= 0.3 is 0 Å². The van der Waals surface area contributed by atoms with Gasteiger partial charge in [0.15, 0.2) is 5.71 Å². The summed E-state index contributed by atoms with van der Waals surface area (Å²) >= 11 is 0. The van der Waals surface area contributed by atoms with Crippen LogP contribution in [-0.4, -0.2) is 36.5 Å². The summed E-state index contributed by atoms with van der Waals surface area (Å²) in [5.41, 5.74) is 3.69. The highest BCUT2D eigenvalue weighted by atomic mass is 15.1. The van der Waals surface area contributed by atoms with E-state index in [1.807, 2.05) is 0 Å². The molecule has 18 heavy (non-hydrogen) atoms. The predicted molar refractivity (Wildman–Crippen MR) is 77.4 cm³/mol. The van der Waals surface area contributed by atoms with Crippen LogP contribution in [0.4, 0.5) is 0 Å². The first-order valence-electron chi connectivity index (χ1n) is 7.72. The molecule has 0 aromatic carbocycles. The van der Waals surface area contributed by atoms with Crippen molar-refractivity contribution < 1.29 is 9.48 Å². The third-order valence-corrected chi connectivity index (χ3v) is 4.49. The van der Waals surface area contributed by atoms with Gasteiger partial charge in [0.1, 0.15) is 18.8 Å². The summed E-state index contributed by atoms with van der Waals surface area (Å²) in [6.45, 7) is 14.5. The van der Waals surface area contributed by atoms with Crippen LogP contribution >= 0.6 is 0 Å². The van der Waals surface area contributed by atoms with Crippen LogP contribution in [0.25, 0.3) is 0 Å². The summed E-state index contributed by atoms with van der Waals surface area (Å²) in [5, 5.41) is 0. The Bertz CT molecular complexity index is 351. The maximum atomic E-state index is 2.63. The molecular formula is C16H30N2+2. The number of quaternary nitrogens is 1. The van der Waals surface area contributed by atoms with E-state index in [1.165, 1.54) is 51.9 Å². The summed E-state index contributed by atoms with van der Waals surface area (Å²) in [6, 6.07) is 0. The molecule has 102 valence electrons. The third-order valence-electron chi connectivity index (χ3n) is 4.49. The van der Waals surface area contributed by atoms with E-state index in [0.717, 1.165) is 0 Å². The average molecular weight is 250 g/mol. The Morgan fingerprint density at radius 2 is 1.72 bits per heavy atom. The molecule has 0 aromatic heterocycles. The van der Waals surface area contributed by atoms with E-state index < -0.39 is 0 Å². The van der Waals surface area contributed by atoms with Gasteiger partial charge in [-0.25, -0.2) is 4.58 Å². The second-order valence-corrected chi connectivity index (χ2v) is 6.68. The van der Waals surface area contributed by atoms with Gasteiger partial charge in [-0.3, -0.25) is 0 Å². The highest BCUT2D eigenvalue weighted by Crippen LogP contribution is 2.32. The van der Waals surface area contributed by atoms with Gasteiger partial charge in [0, 0.05) is 25.7 Å². The minimum absolute atomic E-state index is 0.442. The molecule has 1 heterocycles. The lowest BCUT2D eigenvalue weighted by Gasteiger charge is -2.31. The van der Waals surface area contributed by atoms with Crippen LogP contribution in [0.1, 0.15) is 53.4 Å². The van der Waals surface area contributed by atoms with Crippen LogP contribution in [-0.2, 0) is 0 Å². The molecule has 0 aromatic rings. The van der Waals surface area contributed by atoms with Crippen LogP contribution < -0.4 is 4.90 Å². The molecule has 1 aliphatic carbocycles. The Balaban J connectivity index is 2.30. The van der Waals surface area contributed by atoms with E-state index >= 15 is 0 Å². The number of rotatable bonds is 3. The zero-order chi connectivity index (χ0) is 13.2. The van der Waals surface area contributed by atoms with Crippen molar-refractivity contribution in [1.82, 2.24) is 0 Å². The van der Waals surface area contributed by atoms with Crippen LogP contribution in [0.5, 0.6) is 0 Å². The fourth-order valence-corrected chi connectivity index (χ4v) is 3.51. The van der Waals surface area contributed by atoms with Crippen molar-refractivity contribution in [1.29, 1.82) is 0 Å². The lowest BCUT2D eigenvalue weighted by Crippen LogP contribution is -3.09. The molecule has 0 radical (unpaired) electrons. The molecule has 1 fully saturated rings. The molecule has 0 spiro atoms. The average Bonchev–Trinajstić information content (AvgIpc) is 2.82. The first-order valence-corrected chi connectivity index (χ1v) is 7.72. The fourth-order valence-electron chi connectivity index (χ4n) is 3.51. The van der Waals surface area contributed by atoms with Crippen LogP contribution in [0, 0.1) is 5.41 Å². The van der Waals surface area contributed by atoms with E-state index in [2.05, 4.69) is 38.3 Å². The number of nitrogens with zero attached hydrogens (tertiary/aromatic N) is 1. The zero-order valence-corrected chi connectivity index (χ0v) is 12.7. The van der Waals surface area contributed by atoms with Crippen LogP contribution in [0.15, 0.2) is 11.8 Å². The number of nitrogens with one attached hydrogen (secondary N) is 1. The Kier molecular flexibility index (Phi) is 4.26. The summed E-state index contributed by atoms with van der Waals surface area (Å²) in [4.78, 5) is 1.67. The Hall–Kier alpha value is -0.630. The van der Waals surface area contributed by atoms with E-state index in [-0.39, 0.29) is 0 Å². The molecule has 2 heteroatoms. The van der Waals surface area contributed by atoms with Crippen molar-refractivity contribution in [3.8, 4) is 0 Å². The Morgan fingerprint density at radius 1 is 1.11 bits per heavy atom. The van der Waals surface area contributed by atoms with Crippen molar-refractivity contribution in [2.24, 2.45) is 5.41 Å². The van der Waals surface area contributed by atoms with E-state index in [1.54, 1.807) is 16.3 Å². The van der Waals surface area contributed by atoms with Crippen LogP contribution in [0.2, 0.25) is 0 Å². The lowest BCUT2D eigenvalue weighted by atomic mass is 9.78. The van der Waals surface area contributed by atoms with Gasteiger partial charge in [-0.15, -0.1) is 0 Å². The van der Waals surface area contributed by atoms with E-state index in [9.17, 15) is 0 Å². The molecule has 1 N–H and O–H groups in total. The minimum Gasteiger partial charge on any atom is -0.306 e. The van der Waals surface area contributed by atoms with Crippen molar-refractivity contribution in [3.63, 3.8) is 0 Å². The van der Waals surface area contributed by atoms with Crippen molar-refractivity contribution in [2.75, 3.05) is 26.2 Å². The van der Waals surface area contributed by atoms with Crippen molar-refractivity contribution >= 4 is 5.71 Å². The molecule has 0 unspecified atom stereocenters. The van der Waals surface area contributed by atoms with Gasteiger partial charge in [0.05, 0.1) is 19.2 Å². The molecule has 0 amide bonds. The molecule has 0 saturated carbocycles. The lowest BCUT2D eigenvalue weighted by molar-refractivity contribution is -0.859. The quantitative estimate of drug-likeness (QED) is 0.731. The Morgan fingerprint density at radius 3 is 2.28 bits per heavy atom. The summed E-state index contributed by atoms with van der Waals surface area (Å²) in [7, 11) is 0. The number of allylic oxidation sites excluding steroid dienone is 2. The molecule has 2 aliphatic rings. The second-order valence-electron chi connectivity index (χ2n) is 6.68. The molecule has 0 bridgehead atoms. The largest absolute Gasteiger partial charge is 0.306 e. The van der Waals surface area contributed by atoms with Crippen molar-refractivity contribution in [2.45, 2.75) is 53.4 Å². The van der Waals surface area contributed by atoms with Gasteiger partial charge in [0.2, 0.25) is 0 Å². The number of hydrogen-bond acceptors (Lipinski definition) is 0. The van der Waals surface area contributed by atoms with E-state index in [0.29, 0.717) is 5.41 Å². The summed E-state index contributed by atoms with van der Waals surface area (Å²) < 4.78 is 2.63. The maximum Gasteiger partial charge on any atom is 0.182 e. The molecular weight excluding hydrogens is 220 g/mol. The number of hydrogen-bond donors (Lipinski definition) is 1. The molecule has 1 aliphatic heterocycles. The minimum atomic E-state index is 0.442. The normalized spacial score (nSPS) is 23.7. The molecule has 0 atom stereocenters. The first kappa shape index (κ1) is 13.8. The standard InChI is InChI=1S/C16H29N2/c1-5-17(6-2)14-11-15(13-16(3,4)12-14)18-9-7-8-10-18/h11H,5-10,12-13H2,1-4H3/q+1/p+1. The topological polar surface area (TPSA) is 7.45 Å². The molecule has 2 nitrogen and oxygen atoms in total. The van der Waals surface area contributed by atoms with Crippen LogP contribution in [0.3, 0.4) is 0 Å². The zero-order valence-electron chi connectivity index (χ0n) is 12.7. The van der Waals surface area contributed by atoms with Gasteiger partial charge in [-0.2, -0.15) is 0 Å². The Labute approximate surface area is 112 Å². The van der Waals surface area contributed by atoms with Crippen molar-refractivity contribution in [3.05, 3.63) is 11.8 Å². The SMILES string of the molecule is CC[NH+](CC)C1=CC(=[N+]2CCCC2)CC(C)(C)C1. The predicted octanol–water partition coefficient (Wildman–Crippen LogP) is 1.86. The molecule has 1 saturated heterocycles. The highest BCUT2D eigenvalue weighted by molar-refractivity contribution is 5.92. The van der Waals surface area contributed by atoms with Gasteiger partial charge in [-0.1, -0.05) is 13.8 Å². The molecule has 2 rings (SSSR count). The van der Waals surface area contributed by atoms with E-state index in [4.69, 9.17) is 0 Å². The first-order chi connectivity index (χ1) is 8.55. The van der Waals surface area contributed by atoms with Gasteiger partial charge < -0.3 is 4.90 Å². The summed E-state index contributed by atoms with van der Waals surface area (Å²) in [5.74, 6) is 0. The highest BCUT2D eigenvalue weighted by Gasteiger charge is 2.35. The smallest absolute Gasteiger partial charge is 0.182 e. The van der Waals surface area contributed by atoms with Gasteiger partial charge in [-0.05, 0) is 19.3 Å². The fraction of sp³-hybridized carbons (Fsp3) is 0.812. The second kappa shape index (κ2) is 5.56. The van der Waals surface area contributed by atoms with Gasteiger partial charge in [0.25, 0.3) is 0 Å².